The summed E-state index contributed by atoms with van der Waals surface area (Å²) in [6.45, 7) is 10.6. The molecule has 34 heavy (non-hydrogen) atoms. The first kappa shape index (κ1) is 23.7. The van der Waals surface area contributed by atoms with Crippen LogP contribution in [0.1, 0.15) is 45.0 Å². The van der Waals surface area contributed by atoms with E-state index in [-0.39, 0.29) is 5.56 Å². The van der Waals surface area contributed by atoms with Crippen LogP contribution in [0.3, 0.4) is 0 Å². The number of benzene rings is 1. The van der Waals surface area contributed by atoms with Gasteiger partial charge in [0.25, 0.3) is 5.56 Å². The predicted molar refractivity (Wildman–Crippen MR) is 134 cm³/mol. The van der Waals surface area contributed by atoms with Crippen molar-refractivity contribution in [3.8, 4) is 0 Å². The standard InChI is InChI=1S/C25H29N5O3S/c1-6-28(7-2)19-11-9-17(10-12-19)22-21(24(32)33-5)16(4)26-25-30(22)23(31)20(34-25)15-18-13-14-29(8-3)27-18/h9-15,22H,6-8H2,1-5H3/b20-15+/t22-/m1/s1. The Hall–Kier alpha value is -3.46. The Morgan fingerprint density at radius 2 is 1.88 bits per heavy atom. The van der Waals surface area contributed by atoms with Gasteiger partial charge in [0.2, 0.25) is 0 Å². The number of hydrogen-bond acceptors (Lipinski definition) is 7. The predicted octanol–water partition coefficient (Wildman–Crippen LogP) is 2.47. The number of anilines is 1. The van der Waals surface area contributed by atoms with Gasteiger partial charge in [0.05, 0.1) is 34.6 Å². The molecule has 0 bridgehead atoms. The molecule has 4 rings (SSSR count). The fourth-order valence-electron chi connectivity index (χ4n) is 4.23. The number of aryl methyl sites for hydroxylation is 1. The molecular formula is C25H29N5O3S. The molecule has 0 aliphatic carbocycles. The highest BCUT2D eigenvalue weighted by Gasteiger charge is 2.33. The van der Waals surface area contributed by atoms with Gasteiger partial charge in [-0.3, -0.25) is 14.0 Å². The summed E-state index contributed by atoms with van der Waals surface area (Å²) in [5, 5.41) is 4.46. The van der Waals surface area contributed by atoms with Crippen LogP contribution in [0.5, 0.6) is 0 Å². The first-order chi connectivity index (χ1) is 16.4. The highest BCUT2D eigenvalue weighted by atomic mass is 32.1. The lowest BCUT2D eigenvalue weighted by molar-refractivity contribution is -0.136. The quantitative estimate of drug-likeness (QED) is 0.487. The largest absolute Gasteiger partial charge is 0.466 e. The summed E-state index contributed by atoms with van der Waals surface area (Å²) in [6.07, 6.45) is 3.65. The Morgan fingerprint density at radius 3 is 2.47 bits per heavy atom. The van der Waals surface area contributed by atoms with Gasteiger partial charge in [0, 0.05) is 31.5 Å². The van der Waals surface area contributed by atoms with Gasteiger partial charge in [-0.15, -0.1) is 0 Å². The molecule has 1 atom stereocenters. The maximum absolute atomic E-state index is 13.6. The highest BCUT2D eigenvalue weighted by molar-refractivity contribution is 7.07. The third-order valence-corrected chi connectivity index (χ3v) is 7.01. The lowest BCUT2D eigenvalue weighted by atomic mass is 9.95. The fraction of sp³-hybridized carbons (Fsp3) is 0.360. The number of nitrogens with zero attached hydrogens (tertiary/aromatic N) is 5. The van der Waals surface area contributed by atoms with E-state index in [1.54, 1.807) is 17.6 Å². The number of carbonyl (C=O) groups is 1. The lowest BCUT2D eigenvalue weighted by Gasteiger charge is -2.26. The van der Waals surface area contributed by atoms with Crippen molar-refractivity contribution in [3.05, 3.63) is 78.7 Å². The third kappa shape index (κ3) is 4.23. The summed E-state index contributed by atoms with van der Waals surface area (Å²) in [4.78, 5) is 33.8. The van der Waals surface area contributed by atoms with Crippen LogP contribution in [0.4, 0.5) is 5.69 Å². The van der Waals surface area contributed by atoms with E-state index in [4.69, 9.17) is 4.74 Å². The van der Waals surface area contributed by atoms with E-state index in [1.807, 2.05) is 48.1 Å². The van der Waals surface area contributed by atoms with Gasteiger partial charge >= 0.3 is 5.97 Å². The summed E-state index contributed by atoms with van der Waals surface area (Å²) < 4.78 is 9.01. The Morgan fingerprint density at radius 1 is 1.18 bits per heavy atom. The van der Waals surface area contributed by atoms with Gasteiger partial charge in [0.1, 0.15) is 0 Å². The van der Waals surface area contributed by atoms with Crippen LogP contribution in [0, 0.1) is 0 Å². The number of hydrogen-bond donors (Lipinski definition) is 0. The lowest BCUT2D eigenvalue weighted by Crippen LogP contribution is -2.39. The average molecular weight is 480 g/mol. The zero-order valence-corrected chi connectivity index (χ0v) is 20.9. The molecular weight excluding hydrogens is 450 g/mol. The maximum atomic E-state index is 13.6. The maximum Gasteiger partial charge on any atom is 0.338 e. The minimum Gasteiger partial charge on any atom is -0.466 e. The molecule has 0 saturated heterocycles. The average Bonchev–Trinajstić information content (AvgIpc) is 3.43. The zero-order chi connectivity index (χ0) is 24.4. The van der Waals surface area contributed by atoms with E-state index in [2.05, 4.69) is 28.8 Å². The molecule has 3 aromatic rings. The van der Waals surface area contributed by atoms with Gasteiger partial charge in [-0.25, -0.2) is 9.79 Å². The van der Waals surface area contributed by atoms with Crippen molar-refractivity contribution in [2.24, 2.45) is 4.99 Å². The Labute approximate surface area is 202 Å². The number of carbonyl (C=O) groups excluding carboxylic acids is 1. The molecule has 1 aromatic carbocycles. The summed E-state index contributed by atoms with van der Waals surface area (Å²) in [5.41, 5.74) is 3.33. The second kappa shape index (κ2) is 9.80. The van der Waals surface area contributed by atoms with Crippen molar-refractivity contribution in [3.63, 3.8) is 0 Å². The van der Waals surface area contributed by atoms with E-state index < -0.39 is 12.0 Å². The molecule has 0 N–H and O–H groups in total. The molecule has 0 spiro atoms. The Bertz CT molecular complexity index is 1410. The molecule has 0 unspecified atom stereocenters. The number of aromatic nitrogens is 3. The number of methoxy groups -OCH3 is 1. The first-order valence-corrected chi connectivity index (χ1v) is 12.2. The number of esters is 1. The van der Waals surface area contributed by atoms with Crippen molar-refractivity contribution in [2.45, 2.75) is 40.3 Å². The van der Waals surface area contributed by atoms with E-state index in [0.717, 1.165) is 30.9 Å². The molecule has 0 radical (unpaired) electrons. The van der Waals surface area contributed by atoms with Crippen molar-refractivity contribution >= 4 is 29.1 Å². The monoisotopic (exact) mass is 479 g/mol. The first-order valence-electron chi connectivity index (χ1n) is 11.4. The van der Waals surface area contributed by atoms with Crippen LogP contribution < -0.4 is 19.8 Å². The molecule has 9 heteroatoms. The summed E-state index contributed by atoms with van der Waals surface area (Å²) >= 11 is 1.30. The molecule has 8 nitrogen and oxygen atoms in total. The number of allylic oxidation sites excluding steroid dienone is 1. The van der Waals surface area contributed by atoms with Crippen molar-refractivity contribution in [2.75, 3.05) is 25.1 Å². The molecule has 2 aromatic heterocycles. The molecule has 0 saturated carbocycles. The summed E-state index contributed by atoms with van der Waals surface area (Å²) in [5.74, 6) is -0.491. The number of ether oxygens (including phenoxy) is 1. The molecule has 0 amide bonds. The number of thiazole rings is 1. The van der Waals surface area contributed by atoms with Crippen LogP contribution in [0.2, 0.25) is 0 Å². The van der Waals surface area contributed by atoms with Crippen molar-refractivity contribution in [1.82, 2.24) is 14.3 Å². The highest BCUT2D eigenvalue weighted by Crippen LogP contribution is 2.31. The van der Waals surface area contributed by atoms with Crippen LogP contribution in [0.15, 0.2) is 57.6 Å². The van der Waals surface area contributed by atoms with Crippen LogP contribution in [-0.2, 0) is 16.1 Å². The number of rotatable bonds is 7. The van der Waals surface area contributed by atoms with Gasteiger partial charge in [-0.1, -0.05) is 23.5 Å². The van der Waals surface area contributed by atoms with Crippen LogP contribution >= 0.6 is 11.3 Å². The van der Waals surface area contributed by atoms with Gasteiger partial charge in [-0.2, -0.15) is 5.10 Å². The third-order valence-electron chi connectivity index (χ3n) is 6.03. The van der Waals surface area contributed by atoms with Gasteiger partial charge in [-0.05, 0) is 57.5 Å². The molecule has 178 valence electrons. The van der Waals surface area contributed by atoms with Crippen molar-refractivity contribution < 1.29 is 9.53 Å². The molecule has 1 aliphatic rings. The minimum absolute atomic E-state index is 0.207. The molecule has 0 fully saturated rings. The van der Waals surface area contributed by atoms with Crippen LogP contribution in [0.25, 0.3) is 6.08 Å². The smallest absolute Gasteiger partial charge is 0.338 e. The van der Waals surface area contributed by atoms with Gasteiger partial charge < -0.3 is 9.64 Å². The fourth-order valence-corrected chi connectivity index (χ4v) is 5.26. The number of fused-ring (bicyclic) bond motifs is 1. The Kier molecular flexibility index (Phi) is 6.83. The van der Waals surface area contributed by atoms with E-state index in [0.29, 0.717) is 26.3 Å². The molecule has 3 heterocycles. The Balaban J connectivity index is 1.89. The zero-order valence-electron chi connectivity index (χ0n) is 20.1. The van der Waals surface area contributed by atoms with E-state index in [1.165, 1.54) is 18.4 Å². The van der Waals surface area contributed by atoms with Crippen LogP contribution in [-0.4, -0.2) is 40.5 Å². The topological polar surface area (TPSA) is 81.7 Å². The SMILES string of the molecule is CCN(CC)c1ccc([C@@H]2C(C(=O)OC)=C(C)N=c3s/c(=C/c4ccn(CC)n4)c(=O)n32)cc1. The van der Waals surface area contributed by atoms with Crippen molar-refractivity contribution in [1.29, 1.82) is 0 Å². The molecule has 1 aliphatic heterocycles. The van der Waals surface area contributed by atoms with Gasteiger partial charge in [0.15, 0.2) is 4.80 Å². The van der Waals surface area contributed by atoms with E-state index >= 15 is 0 Å². The summed E-state index contributed by atoms with van der Waals surface area (Å²) in [6, 6.07) is 9.25. The second-order valence-electron chi connectivity index (χ2n) is 7.93. The summed E-state index contributed by atoms with van der Waals surface area (Å²) in [7, 11) is 1.35. The second-order valence-corrected chi connectivity index (χ2v) is 8.94. The minimum atomic E-state index is -0.621. The van der Waals surface area contributed by atoms with E-state index in [9.17, 15) is 9.59 Å². The normalized spacial score (nSPS) is 15.8.